The minimum absolute atomic E-state index is 0.0432. The number of carbonyl (C=O) groups is 1. The van der Waals surface area contributed by atoms with Gasteiger partial charge in [-0.1, -0.05) is 17.7 Å². The molecule has 1 saturated heterocycles. The van der Waals surface area contributed by atoms with E-state index in [4.69, 9.17) is 16.3 Å². The molecule has 0 radical (unpaired) electrons. The molecule has 3 nitrogen and oxygen atoms in total. The molecule has 1 aliphatic heterocycles. The van der Waals surface area contributed by atoms with Crippen molar-refractivity contribution >= 4 is 17.4 Å². The van der Waals surface area contributed by atoms with Crippen molar-refractivity contribution < 1.29 is 13.9 Å². The highest BCUT2D eigenvalue weighted by molar-refractivity contribution is 6.30. The molecule has 1 aromatic carbocycles. The minimum Gasteiger partial charge on any atom is -0.368 e. The van der Waals surface area contributed by atoms with E-state index in [0.717, 1.165) is 6.54 Å². The maximum Gasteiger partial charge on any atom is 0.167 e. The van der Waals surface area contributed by atoms with Crippen molar-refractivity contribution in [3.8, 4) is 0 Å². The highest BCUT2D eigenvalue weighted by Gasteiger charge is 2.25. The van der Waals surface area contributed by atoms with Gasteiger partial charge in [0.05, 0.1) is 6.61 Å². The summed E-state index contributed by atoms with van der Waals surface area (Å²) in [5, 5.41) is 0.331. The molecule has 1 aliphatic rings. The van der Waals surface area contributed by atoms with Crippen LogP contribution in [0, 0.1) is 5.82 Å². The van der Waals surface area contributed by atoms with Crippen LogP contribution in [0.1, 0.15) is 5.56 Å². The quantitative estimate of drug-likeness (QED) is 0.841. The number of hydrogen-bond acceptors (Lipinski definition) is 3. The molecule has 5 heteroatoms. The average Bonchev–Trinajstić information content (AvgIpc) is 2.32. The Morgan fingerprint density at radius 1 is 1.61 bits per heavy atom. The molecule has 1 fully saturated rings. The van der Waals surface area contributed by atoms with Gasteiger partial charge in [-0.25, -0.2) is 4.39 Å². The summed E-state index contributed by atoms with van der Waals surface area (Å²) < 4.78 is 19.0. The van der Waals surface area contributed by atoms with Gasteiger partial charge >= 0.3 is 0 Å². The van der Waals surface area contributed by atoms with Crippen LogP contribution in [-0.4, -0.2) is 43.5 Å². The lowest BCUT2D eigenvalue weighted by Crippen LogP contribution is -2.44. The van der Waals surface area contributed by atoms with E-state index in [2.05, 4.69) is 0 Å². The van der Waals surface area contributed by atoms with Crippen molar-refractivity contribution in [3.63, 3.8) is 0 Å². The first-order valence-electron chi connectivity index (χ1n) is 5.83. The summed E-state index contributed by atoms with van der Waals surface area (Å²) in [6.45, 7) is 1.92. The molecule has 2 rings (SSSR count). The summed E-state index contributed by atoms with van der Waals surface area (Å²) in [5.74, 6) is -0.539. The van der Waals surface area contributed by atoms with Crippen molar-refractivity contribution in [1.29, 1.82) is 0 Å². The van der Waals surface area contributed by atoms with Gasteiger partial charge in [-0.05, 0) is 24.7 Å². The second-order valence-corrected chi connectivity index (χ2v) is 4.94. The predicted molar refractivity (Wildman–Crippen MR) is 67.4 cm³/mol. The van der Waals surface area contributed by atoms with Gasteiger partial charge < -0.3 is 9.64 Å². The van der Waals surface area contributed by atoms with Crippen LogP contribution in [-0.2, 0) is 16.0 Å². The van der Waals surface area contributed by atoms with Gasteiger partial charge in [0.25, 0.3) is 0 Å². The molecule has 0 aliphatic carbocycles. The Morgan fingerprint density at radius 2 is 2.39 bits per heavy atom. The largest absolute Gasteiger partial charge is 0.368 e. The topological polar surface area (TPSA) is 29.5 Å². The molecular weight excluding hydrogens is 257 g/mol. The van der Waals surface area contributed by atoms with E-state index in [1.165, 1.54) is 6.07 Å². The molecule has 0 aromatic heterocycles. The van der Waals surface area contributed by atoms with Gasteiger partial charge in [0.15, 0.2) is 5.78 Å². The van der Waals surface area contributed by atoms with Crippen molar-refractivity contribution in [3.05, 3.63) is 34.6 Å². The summed E-state index contributed by atoms with van der Waals surface area (Å²) >= 11 is 5.67. The molecule has 0 N–H and O–H groups in total. The molecule has 1 unspecified atom stereocenters. The van der Waals surface area contributed by atoms with Gasteiger partial charge in [-0.3, -0.25) is 4.79 Å². The van der Waals surface area contributed by atoms with Gasteiger partial charge in [0, 0.05) is 24.5 Å². The Kier molecular flexibility index (Phi) is 4.32. The third-order valence-corrected chi connectivity index (χ3v) is 3.24. The number of rotatable bonds is 3. The summed E-state index contributed by atoms with van der Waals surface area (Å²) in [4.78, 5) is 14.0. The number of halogens is 2. The number of benzene rings is 1. The Hall–Kier alpha value is -0.970. The fraction of sp³-hybridized carbons (Fsp3) is 0.462. The van der Waals surface area contributed by atoms with Crippen LogP contribution in [0.5, 0.6) is 0 Å². The molecule has 1 aromatic rings. The number of carbonyl (C=O) groups excluding carboxylic acids is 1. The zero-order valence-electron chi connectivity index (χ0n) is 10.2. The van der Waals surface area contributed by atoms with Gasteiger partial charge in [0.1, 0.15) is 11.9 Å². The van der Waals surface area contributed by atoms with Gasteiger partial charge in [-0.15, -0.1) is 0 Å². The summed E-state index contributed by atoms with van der Waals surface area (Å²) in [6, 6.07) is 4.35. The predicted octanol–water partition coefficient (Wildman–Crippen LogP) is 1.92. The standard InChI is InChI=1S/C13H15ClFNO2/c1-16-4-5-18-13(8-16)12(17)6-9-2-3-10(14)7-11(9)15/h2-3,7,13H,4-6,8H2,1H3. The molecule has 18 heavy (non-hydrogen) atoms. The van der Waals surface area contributed by atoms with Crippen LogP contribution in [0.2, 0.25) is 5.02 Å². The molecule has 0 saturated carbocycles. The Balaban J connectivity index is 2.02. The number of Topliss-reactive ketones (excluding diaryl/α,β-unsaturated/α-hetero) is 1. The van der Waals surface area contributed by atoms with Crippen LogP contribution in [0.3, 0.4) is 0 Å². The lowest BCUT2D eigenvalue weighted by atomic mass is 10.0. The monoisotopic (exact) mass is 271 g/mol. The van der Waals surface area contributed by atoms with E-state index in [-0.39, 0.29) is 12.2 Å². The maximum absolute atomic E-state index is 13.6. The highest BCUT2D eigenvalue weighted by Crippen LogP contribution is 2.16. The lowest BCUT2D eigenvalue weighted by molar-refractivity contribution is -0.134. The minimum atomic E-state index is -0.459. The smallest absolute Gasteiger partial charge is 0.167 e. The molecule has 0 bridgehead atoms. The first-order valence-corrected chi connectivity index (χ1v) is 6.21. The molecular formula is C13H15ClFNO2. The number of morpholine rings is 1. The van der Waals surface area contributed by atoms with Crippen molar-refractivity contribution in [1.82, 2.24) is 4.90 Å². The van der Waals surface area contributed by atoms with Crippen molar-refractivity contribution in [2.45, 2.75) is 12.5 Å². The van der Waals surface area contributed by atoms with Crippen LogP contribution in [0.4, 0.5) is 4.39 Å². The van der Waals surface area contributed by atoms with Crippen LogP contribution in [0.25, 0.3) is 0 Å². The summed E-state index contributed by atoms with van der Waals surface area (Å²) in [5.41, 5.74) is 0.362. The van der Waals surface area contributed by atoms with Gasteiger partial charge in [0.2, 0.25) is 0 Å². The molecule has 1 heterocycles. The van der Waals surface area contributed by atoms with Crippen LogP contribution in [0.15, 0.2) is 18.2 Å². The fourth-order valence-electron chi connectivity index (χ4n) is 1.94. The number of ketones is 1. The Labute approximate surface area is 110 Å². The average molecular weight is 272 g/mol. The molecule has 98 valence electrons. The second kappa shape index (κ2) is 5.78. The summed E-state index contributed by atoms with van der Waals surface area (Å²) in [6.07, 6.45) is -0.416. The molecule has 0 spiro atoms. The van der Waals surface area contributed by atoms with Crippen molar-refractivity contribution in [2.75, 3.05) is 26.7 Å². The lowest BCUT2D eigenvalue weighted by Gasteiger charge is -2.29. The van der Waals surface area contributed by atoms with Crippen LogP contribution >= 0.6 is 11.6 Å². The van der Waals surface area contributed by atoms with E-state index >= 15 is 0 Å². The normalized spacial score (nSPS) is 20.9. The van der Waals surface area contributed by atoms with Crippen LogP contribution < -0.4 is 0 Å². The van der Waals surface area contributed by atoms with E-state index in [0.29, 0.717) is 23.7 Å². The van der Waals surface area contributed by atoms with E-state index in [9.17, 15) is 9.18 Å². The zero-order chi connectivity index (χ0) is 13.1. The van der Waals surface area contributed by atoms with Crippen molar-refractivity contribution in [2.24, 2.45) is 0 Å². The molecule has 0 amide bonds. The highest BCUT2D eigenvalue weighted by atomic mass is 35.5. The third kappa shape index (κ3) is 3.28. The number of ether oxygens (including phenoxy) is 1. The third-order valence-electron chi connectivity index (χ3n) is 3.01. The van der Waals surface area contributed by atoms with E-state index in [1.54, 1.807) is 12.1 Å². The fourth-order valence-corrected chi connectivity index (χ4v) is 2.10. The number of likely N-dealkylation sites (N-methyl/N-ethyl adjacent to an activating group) is 1. The first-order chi connectivity index (χ1) is 8.56. The molecule has 1 atom stereocenters. The summed E-state index contributed by atoms with van der Waals surface area (Å²) in [7, 11) is 1.94. The zero-order valence-corrected chi connectivity index (χ0v) is 10.9. The Bertz CT molecular complexity index is 453. The van der Waals surface area contributed by atoms with E-state index < -0.39 is 11.9 Å². The number of nitrogens with zero attached hydrogens (tertiary/aromatic N) is 1. The van der Waals surface area contributed by atoms with E-state index in [1.807, 2.05) is 11.9 Å². The van der Waals surface area contributed by atoms with Gasteiger partial charge in [-0.2, -0.15) is 0 Å². The SMILES string of the molecule is CN1CCOC(C(=O)Cc2ccc(Cl)cc2F)C1. The maximum atomic E-state index is 13.6. The Morgan fingerprint density at radius 3 is 3.06 bits per heavy atom. The number of hydrogen-bond donors (Lipinski definition) is 0. The second-order valence-electron chi connectivity index (χ2n) is 4.50. The first kappa shape index (κ1) is 13.5.